The predicted molar refractivity (Wildman–Crippen MR) is 78.3 cm³/mol. The molecule has 0 fully saturated rings. The lowest BCUT2D eigenvalue weighted by molar-refractivity contribution is -0.116. The molecule has 0 spiro atoms. The van der Waals surface area contributed by atoms with Crippen LogP contribution in [0.2, 0.25) is 0 Å². The smallest absolute Gasteiger partial charge is 0.159 e. The summed E-state index contributed by atoms with van der Waals surface area (Å²) in [5.74, 6) is 0.863. The van der Waals surface area contributed by atoms with Crippen LogP contribution in [0, 0.1) is 0 Å². The minimum Gasteiger partial charge on any atom is -0.295 e. The van der Waals surface area contributed by atoms with E-state index in [1.54, 1.807) is 0 Å². The summed E-state index contributed by atoms with van der Waals surface area (Å²) < 4.78 is 0. The number of hydrogen-bond donors (Lipinski definition) is 0. The van der Waals surface area contributed by atoms with Gasteiger partial charge >= 0.3 is 0 Å². The maximum atomic E-state index is 12.4. The summed E-state index contributed by atoms with van der Waals surface area (Å²) in [6.45, 7) is 0. The summed E-state index contributed by atoms with van der Waals surface area (Å²) in [5, 5.41) is 0. The molecular formula is C18H22O. The number of allylic oxidation sites excluding steroid dienone is 2. The highest BCUT2D eigenvalue weighted by Crippen LogP contribution is 2.35. The monoisotopic (exact) mass is 254 g/mol. The Kier molecular flexibility index (Phi) is 3.82. The first-order chi connectivity index (χ1) is 9.34. The molecule has 0 aliphatic heterocycles. The molecule has 100 valence electrons. The van der Waals surface area contributed by atoms with Crippen molar-refractivity contribution in [1.29, 1.82) is 0 Å². The van der Waals surface area contributed by atoms with Crippen LogP contribution in [0.3, 0.4) is 0 Å². The first-order valence-corrected chi connectivity index (χ1v) is 7.64. The Morgan fingerprint density at radius 1 is 1.11 bits per heavy atom. The number of aryl methyl sites for hydroxylation is 1. The fourth-order valence-electron chi connectivity index (χ4n) is 3.51. The molecule has 0 saturated heterocycles. The van der Waals surface area contributed by atoms with Gasteiger partial charge in [-0.3, -0.25) is 4.79 Å². The number of carbonyl (C=O) groups is 1. The average Bonchev–Trinajstić information content (AvgIpc) is 2.48. The number of hydrogen-bond acceptors (Lipinski definition) is 1. The molecule has 0 aromatic heterocycles. The molecule has 1 aromatic carbocycles. The average molecular weight is 254 g/mol. The van der Waals surface area contributed by atoms with Gasteiger partial charge in [0.1, 0.15) is 0 Å². The van der Waals surface area contributed by atoms with Crippen LogP contribution < -0.4 is 0 Å². The first-order valence-electron chi connectivity index (χ1n) is 7.64. The molecule has 0 N–H and O–H groups in total. The highest BCUT2D eigenvalue weighted by molar-refractivity contribution is 5.95. The Hall–Kier alpha value is -1.37. The molecule has 0 radical (unpaired) electrons. The third-order valence-electron chi connectivity index (χ3n) is 4.57. The Balaban J connectivity index is 1.74. The van der Waals surface area contributed by atoms with Crippen molar-refractivity contribution in [1.82, 2.24) is 0 Å². The maximum Gasteiger partial charge on any atom is 0.159 e. The second-order valence-electron chi connectivity index (χ2n) is 5.89. The molecule has 19 heavy (non-hydrogen) atoms. The lowest BCUT2D eigenvalue weighted by Crippen LogP contribution is -2.15. The van der Waals surface area contributed by atoms with Crippen molar-refractivity contribution < 1.29 is 4.79 Å². The fourth-order valence-corrected chi connectivity index (χ4v) is 3.51. The summed E-state index contributed by atoms with van der Waals surface area (Å²) in [7, 11) is 0. The standard InChI is InChI=1S/C18H22O/c19-18(15-8-2-1-3-9-15)13-16-11-6-10-14-7-4-5-12-17(14)16/h4-5,7-8,12,16H,1-3,6,9-11,13H2. The molecule has 3 rings (SSSR count). The molecule has 2 aliphatic carbocycles. The molecule has 0 amide bonds. The van der Waals surface area contributed by atoms with Crippen LogP contribution in [0.4, 0.5) is 0 Å². The van der Waals surface area contributed by atoms with Crippen LogP contribution in [0.5, 0.6) is 0 Å². The first kappa shape index (κ1) is 12.7. The van der Waals surface area contributed by atoms with Crippen LogP contribution >= 0.6 is 0 Å². The van der Waals surface area contributed by atoms with Crippen molar-refractivity contribution in [3.63, 3.8) is 0 Å². The van der Waals surface area contributed by atoms with Crippen molar-refractivity contribution in [2.24, 2.45) is 0 Å². The lowest BCUT2D eigenvalue weighted by Gasteiger charge is -2.25. The second-order valence-corrected chi connectivity index (χ2v) is 5.89. The molecule has 0 saturated carbocycles. The third-order valence-corrected chi connectivity index (χ3v) is 4.57. The molecule has 0 bridgehead atoms. The number of fused-ring (bicyclic) bond motifs is 1. The van der Waals surface area contributed by atoms with E-state index < -0.39 is 0 Å². The van der Waals surface area contributed by atoms with Crippen LogP contribution in [-0.2, 0) is 11.2 Å². The summed E-state index contributed by atoms with van der Waals surface area (Å²) in [5.41, 5.74) is 4.00. The maximum absolute atomic E-state index is 12.4. The molecule has 1 heteroatoms. The second kappa shape index (κ2) is 5.73. The van der Waals surface area contributed by atoms with Gasteiger partial charge in [-0.1, -0.05) is 30.3 Å². The molecule has 1 nitrogen and oxygen atoms in total. The number of Topliss-reactive ketones (excluding diaryl/α,β-unsaturated/α-hetero) is 1. The van der Waals surface area contributed by atoms with Gasteiger partial charge in [0.25, 0.3) is 0 Å². The van der Waals surface area contributed by atoms with Crippen LogP contribution in [0.15, 0.2) is 35.9 Å². The number of benzene rings is 1. The zero-order chi connectivity index (χ0) is 13.1. The molecule has 1 unspecified atom stereocenters. The highest BCUT2D eigenvalue weighted by atomic mass is 16.1. The van der Waals surface area contributed by atoms with Crippen LogP contribution in [0.25, 0.3) is 0 Å². The number of carbonyl (C=O) groups excluding carboxylic acids is 1. The summed E-state index contributed by atoms with van der Waals surface area (Å²) >= 11 is 0. The third kappa shape index (κ3) is 2.80. The van der Waals surface area contributed by atoms with Crippen molar-refractivity contribution >= 4 is 5.78 Å². The van der Waals surface area contributed by atoms with Crippen molar-refractivity contribution in [2.45, 2.75) is 57.3 Å². The summed E-state index contributed by atoms with van der Waals surface area (Å²) in [6.07, 6.45) is 11.1. The SMILES string of the molecule is O=C(CC1CCCc2ccccc21)C1=CCCCC1. The van der Waals surface area contributed by atoms with Crippen molar-refractivity contribution in [3.8, 4) is 0 Å². The van der Waals surface area contributed by atoms with Crippen molar-refractivity contribution in [2.75, 3.05) is 0 Å². The predicted octanol–water partition coefficient (Wildman–Crippen LogP) is 4.57. The zero-order valence-electron chi connectivity index (χ0n) is 11.5. The molecule has 2 aliphatic rings. The summed E-state index contributed by atoms with van der Waals surface area (Å²) in [6, 6.07) is 8.68. The Bertz CT molecular complexity index is 498. The van der Waals surface area contributed by atoms with Crippen LogP contribution in [-0.4, -0.2) is 5.78 Å². The lowest BCUT2D eigenvalue weighted by atomic mass is 9.79. The molecular weight excluding hydrogens is 232 g/mol. The van der Waals surface area contributed by atoms with E-state index in [1.807, 2.05) is 0 Å². The quantitative estimate of drug-likeness (QED) is 0.772. The van der Waals surface area contributed by atoms with Gasteiger partial charge in [-0.25, -0.2) is 0 Å². The zero-order valence-corrected chi connectivity index (χ0v) is 11.5. The molecule has 1 aromatic rings. The van der Waals surface area contributed by atoms with E-state index >= 15 is 0 Å². The highest BCUT2D eigenvalue weighted by Gasteiger charge is 2.23. The van der Waals surface area contributed by atoms with Gasteiger partial charge in [-0.15, -0.1) is 0 Å². The van der Waals surface area contributed by atoms with E-state index in [1.165, 1.54) is 43.2 Å². The minimum absolute atomic E-state index is 0.404. The van der Waals surface area contributed by atoms with Crippen LogP contribution in [0.1, 0.15) is 62.0 Å². The fraction of sp³-hybridized carbons (Fsp3) is 0.500. The van der Waals surface area contributed by atoms with Crippen molar-refractivity contribution in [3.05, 3.63) is 47.0 Å². The van der Waals surface area contributed by atoms with Gasteiger partial charge in [0.2, 0.25) is 0 Å². The van der Waals surface area contributed by atoms with Gasteiger partial charge in [0, 0.05) is 6.42 Å². The normalized spacial score (nSPS) is 22.5. The Morgan fingerprint density at radius 2 is 2.00 bits per heavy atom. The largest absolute Gasteiger partial charge is 0.295 e. The van der Waals surface area contributed by atoms with E-state index in [4.69, 9.17) is 0 Å². The number of ketones is 1. The molecule has 0 heterocycles. The van der Waals surface area contributed by atoms with Gasteiger partial charge in [0.15, 0.2) is 5.78 Å². The van der Waals surface area contributed by atoms with Gasteiger partial charge in [-0.2, -0.15) is 0 Å². The van der Waals surface area contributed by atoms with E-state index in [0.717, 1.165) is 24.8 Å². The van der Waals surface area contributed by atoms with E-state index in [9.17, 15) is 4.79 Å². The minimum atomic E-state index is 0.404. The molecule has 1 atom stereocenters. The van der Waals surface area contributed by atoms with E-state index in [-0.39, 0.29) is 0 Å². The topological polar surface area (TPSA) is 17.1 Å². The summed E-state index contributed by atoms with van der Waals surface area (Å²) in [4.78, 5) is 12.4. The Morgan fingerprint density at radius 3 is 2.84 bits per heavy atom. The van der Waals surface area contributed by atoms with Gasteiger partial charge < -0.3 is 0 Å². The van der Waals surface area contributed by atoms with Gasteiger partial charge in [0.05, 0.1) is 0 Å². The van der Waals surface area contributed by atoms with E-state index in [0.29, 0.717) is 11.7 Å². The Labute approximate surface area is 115 Å². The van der Waals surface area contributed by atoms with E-state index in [2.05, 4.69) is 30.3 Å². The number of rotatable bonds is 3. The van der Waals surface area contributed by atoms with Gasteiger partial charge in [-0.05, 0) is 67.6 Å².